The molecule has 0 aliphatic carbocycles. The van der Waals surface area contributed by atoms with Crippen LogP contribution in [0.2, 0.25) is 0 Å². The van der Waals surface area contributed by atoms with E-state index in [2.05, 4.69) is 93.0 Å². The van der Waals surface area contributed by atoms with E-state index in [1.165, 1.54) is 54.7 Å². The third-order valence-electron chi connectivity index (χ3n) is 5.65. The summed E-state index contributed by atoms with van der Waals surface area (Å²) >= 11 is 3.30. The maximum absolute atomic E-state index is 2.55. The first-order valence-corrected chi connectivity index (χ1v) is 12.4. The van der Waals surface area contributed by atoms with Crippen molar-refractivity contribution in [3.05, 3.63) is 70.3 Å². The minimum Gasteiger partial charge on any atom is -1.00 e. The summed E-state index contributed by atoms with van der Waals surface area (Å²) < 4.78 is 0. The molecule has 0 spiro atoms. The van der Waals surface area contributed by atoms with E-state index in [9.17, 15) is 0 Å². The Morgan fingerprint density at radius 3 is 2.37 bits per heavy atom. The van der Waals surface area contributed by atoms with Gasteiger partial charge in [-0.15, -0.1) is 0 Å². The highest BCUT2D eigenvalue weighted by Gasteiger charge is 2.35. The fourth-order valence-corrected chi connectivity index (χ4v) is 6.72. The molecule has 2 heterocycles. The molecule has 160 valence electrons. The fourth-order valence-electron chi connectivity index (χ4n) is 4.07. The molecular weight excluding hydrogens is 519 g/mol. The minimum absolute atomic E-state index is 0. The van der Waals surface area contributed by atoms with E-state index in [4.69, 9.17) is 0 Å². The van der Waals surface area contributed by atoms with Gasteiger partial charge in [0.15, 0.2) is 4.90 Å². The Morgan fingerprint density at radius 2 is 1.70 bits per heavy atom. The number of allylic oxidation sites excluding steroid dienone is 2. The van der Waals surface area contributed by atoms with Crippen LogP contribution in [0.15, 0.2) is 68.9 Å². The first-order chi connectivity index (χ1) is 14.0. The normalized spacial score (nSPS) is 19.2. The van der Waals surface area contributed by atoms with Crippen molar-refractivity contribution in [3.8, 4) is 0 Å². The van der Waals surface area contributed by atoms with Crippen molar-refractivity contribution >= 4 is 34.9 Å². The largest absolute Gasteiger partial charge is 1.00 e. The number of halogens is 1. The SMILES string of the molecule is CCC(/C=C1\Sc2ccc(C)cc2N1CC)=C\C1[SH+]c2ccc(C)cc2N1CC.[I-]. The standard InChI is InChI=1S/C25H30N2S2.HI/c1-6-19(15-24-26(7-2)20-13-17(4)9-11-22(20)28-24)16-25-27(8-3)21-14-18(5)10-12-23(21)29-25;/h9-16,24H,6-8H2,1-5H3;1H/b19-15+,25-16-;. The van der Waals surface area contributed by atoms with Crippen LogP contribution in [-0.4, -0.2) is 18.5 Å². The second-order valence-electron chi connectivity index (χ2n) is 7.72. The molecule has 1 atom stereocenters. The van der Waals surface area contributed by atoms with Gasteiger partial charge in [-0.25, -0.2) is 0 Å². The van der Waals surface area contributed by atoms with Gasteiger partial charge >= 0.3 is 0 Å². The molecule has 2 aliphatic heterocycles. The van der Waals surface area contributed by atoms with Crippen LogP contribution in [0, 0.1) is 13.8 Å². The average Bonchev–Trinajstić information content (AvgIpc) is 3.23. The highest BCUT2D eigenvalue weighted by molar-refractivity contribution is 8.03. The minimum atomic E-state index is 0. The molecule has 1 unspecified atom stereocenters. The predicted molar refractivity (Wildman–Crippen MR) is 132 cm³/mol. The van der Waals surface area contributed by atoms with Crippen LogP contribution in [-0.2, 0) is 11.8 Å². The molecule has 30 heavy (non-hydrogen) atoms. The lowest BCUT2D eigenvalue weighted by Crippen LogP contribution is -3.00. The molecule has 2 aromatic rings. The Morgan fingerprint density at radius 1 is 1.00 bits per heavy atom. The number of nitrogens with zero attached hydrogens (tertiary/aromatic N) is 2. The van der Waals surface area contributed by atoms with Crippen molar-refractivity contribution in [3.63, 3.8) is 0 Å². The summed E-state index contributed by atoms with van der Waals surface area (Å²) in [5.41, 5.74) is 6.86. The molecule has 0 saturated heterocycles. The molecule has 0 amide bonds. The van der Waals surface area contributed by atoms with Crippen LogP contribution in [0.4, 0.5) is 11.4 Å². The molecule has 2 aromatic carbocycles. The van der Waals surface area contributed by atoms with Gasteiger partial charge in [-0.2, -0.15) is 0 Å². The molecule has 0 N–H and O–H groups in total. The maximum atomic E-state index is 2.55. The number of likely N-dealkylation sites (N-methyl/N-ethyl adjacent to an activating group) is 1. The van der Waals surface area contributed by atoms with E-state index < -0.39 is 0 Å². The summed E-state index contributed by atoms with van der Waals surface area (Å²) in [6, 6.07) is 13.7. The van der Waals surface area contributed by atoms with E-state index in [0.717, 1.165) is 19.5 Å². The molecule has 2 nitrogen and oxygen atoms in total. The number of aryl methyl sites for hydroxylation is 2. The summed E-state index contributed by atoms with van der Waals surface area (Å²) in [5.74, 6) is 0. The van der Waals surface area contributed by atoms with Gasteiger partial charge in [-0.1, -0.05) is 30.8 Å². The van der Waals surface area contributed by atoms with E-state index in [1.807, 2.05) is 11.8 Å². The zero-order valence-corrected chi connectivity index (χ0v) is 22.3. The lowest BCUT2D eigenvalue weighted by atomic mass is 10.1. The van der Waals surface area contributed by atoms with Gasteiger partial charge in [0.2, 0.25) is 5.37 Å². The van der Waals surface area contributed by atoms with Crippen molar-refractivity contribution in [2.24, 2.45) is 0 Å². The van der Waals surface area contributed by atoms with Gasteiger partial charge in [0.1, 0.15) is 0 Å². The molecule has 2 aliphatic rings. The van der Waals surface area contributed by atoms with Crippen molar-refractivity contribution in [2.45, 2.75) is 56.2 Å². The van der Waals surface area contributed by atoms with E-state index in [0.29, 0.717) is 5.37 Å². The molecule has 0 saturated carbocycles. The average molecular weight is 551 g/mol. The van der Waals surface area contributed by atoms with Gasteiger partial charge < -0.3 is 33.8 Å². The zero-order chi connectivity index (χ0) is 20.5. The number of hydrogen-bond donors (Lipinski definition) is 0. The Hall–Kier alpha value is -1.05. The lowest BCUT2D eigenvalue weighted by Gasteiger charge is -2.20. The summed E-state index contributed by atoms with van der Waals surface area (Å²) in [6.07, 6.45) is 5.97. The molecule has 0 radical (unpaired) electrons. The van der Waals surface area contributed by atoms with Crippen LogP contribution >= 0.6 is 11.8 Å². The topological polar surface area (TPSA) is 6.48 Å². The van der Waals surface area contributed by atoms with E-state index >= 15 is 0 Å². The summed E-state index contributed by atoms with van der Waals surface area (Å²) in [5, 5.41) is 1.78. The second kappa shape index (κ2) is 10.0. The van der Waals surface area contributed by atoms with E-state index in [1.54, 1.807) is 0 Å². The van der Waals surface area contributed by atoms with Crippen LogP contribution in [0.3, 0.4) is 0 Å². The van der Waals surface area contributed by atoms with Gasteiger partial charge in [-0.05, 0) is 87.2 Å². The van der Waals surface area contributed by atoms with Gasteiger partial charge in [-0.3, -0.25) is 0 Å². The van der Waals surface area contributed by atoms with Crippen molar-refractivity contribution < 1.29 is 24.0 Å². The van der Waals surface area contributed by atoms with E-state index in [-0.39, 0.29) is 24.0 Å². The van der Waals surface area contributed by atoms with Crippen molar-refractivity contribution in [1.82, 2.24) is 0 Å². The van der Waals surface area contributed by atoms with Gasteiger partial charge in [0.25, 0.3) is 0 Å². The first kappa shape index (κ1) is 23.6. The smallest absolute Gasteiger partial charge is 0.213 e. The van der Waals surface area contributed by atoms with Gasteiger partial charge in [0, 0.05) is 29.7 Å². The Bertz CT molecular complexity index is 983. The number of hydrogen-bond acceptors (Lipinski definition) is 3. The van der Waals surface area contributed by atoms with Crippen LogP contribution in [0.25, 0.3) is 0 Å². The number of anilines is 2. The Balaban J connectivity index is 0.00000256. The first-order valence-electron chi connectivity index (χ1n) is 10.6. The molecule has 0 fully saturated rings. The molecule has 5 heteroatoms. The summed E-state index contributed by atoms with van der Waals surface area (Å²) in [4.78, 5) is 7.83. The maximum Gasteiger partial charge on any atom is 0.213 e. The number of rotatable bonds is 5. The summed E-state index contributed by atoms with van der Waals surface area (Å²) in [6.45, 7) is 13.2. The fraction of sp³-hybridized carbons (Fsp3) is 0.360. The molecular formula is C25H31IN2S2. The van der Waals surface area contributed by atoms with Crippen molar-refractivity contribution in [2.75, 3.05) is 22.9 Å². The predicted octanol–water partition coefficient (Wildman–Crippen LogP) is 3.46. The monoisotopic (exact) mass is 550 g/mol. The van der Waals surface area contributed by atoms with Crippen LogP contribution < -0.4 is 33.8 Å². The molecule has 0 aromatic heterocycles. The van der Waals surface area contributed by atoms with Crippen molar-refractivity contribution in [1.29, 1.82) is 0 Å². The summed E-state index contributed by atoms with van der Waals surface area (Å²) in [7, 11) is 0. The number of fused-ring (bicyclic) bond motifs is 2. The Labute approximate surface area is 207 Å². The third kappa shape index (κ3) is 4.58. The highest BCUT2D eigenvalue weighted by atomic mass is 127. The molecule has 4 rings (SSSR count). The van der Waals surface area contributed by atoms with Crippen LogP contribution in [0.1, 0.15) is 38.3 Å². The highest BCUT2D eigenvalue weighted by Crippen LogP contribution is 2.46. The third-order valence-corrected chi connectivity index (χ3v) is 8.12. The zero-order valence-electron chi connectivity index (χ0n) is 18.4. The number of benzene rings is 2. The lowest BCUT2D eigenvalue weighted by molar-refractivity contribution is -0.00000590. The number of thioether (sulfide) groups is 1. The number of thiol groups is 1. The quantitative estimate of drug-likeness (QED) is 0.320. The molecule has 0 bridgehead atoms. The second-order valence-corrected chi connectivity index (χ2v) is 10.0. The van der Waals surface area contributed by atoms with Crippen LogP contribution in [0.5, 0.6) is 0 Å². The van der Waals surface area contributed by atoms with Gasteiger partial charge in [0.05, 0.1) is 16.4 Å². The Kier molecular flexibility index (Phi) is 7.91.